The van der Waals surface area contributed by atoms with Crippen molar-refractivity contribution < 1.29 is 9.50 Å². The van der Waals surface area contributed by atoms with Crippen LogP contribution in [-0.2, 0) is 0 Å². The maximum atomic E-state index is 13.1. The van der Waals surface area contributed by atoms with Crippen LogP contribution >= 0.6 is 0 Å². The molecule has 0 aromatic heterocycles. The standard InChI is InChI=1S/C16H25FN2O/c1-18(2)15-6-9-19(10-7-15)11-8-16(20)13-4-3-5-14(17)12-13/h3-5,12,15-16,20H,6-11H2,1-2H3. The molecular formula is C16H25FN2O. The van der Waals surface area contributed by atoms with Crippen LogP contribution < -0.4 is 0 Å². The van der Waals surface area contributed by atoms with Crippen LogP contribution in [0.2, 0.25) is 0 Å². The lowest BCUT2D eigenvalue weighted by Crippen LogP contribution is -2.42. The Morgan fingerprint density at radius 3 is 2.65 bits per heavy atom. The van der Waals surface area contributed by atoms with Gasteiger partial charge in [-0.15, -0.1) is 0 Å². The zero-order valence-electron chi connectivity index (χ0n) is 12.4. The molecule has 0 radical (unpaired) electrons. The molecule has 1 atom stereocenters. The molecule has 3 nitrogen and oxygen atoms in total. The second kappa shape index (κ2) is 7.16. The van der Waals surface area contributed by atoms with Gasteiger partial charge in [0.15, 0.2) is 0 Å². The molecule has 0 amide bonds. The van der Waals surface area contributed by atoms with E-state index in [0.29, 0.717) is 18.0 Å². The van der Waals surface area contributed by atoms with Gasteiger partial charge >= 0.3 is 0 Å². The Labute approximate surface area is 121 Å². The van der Waals surface area contributed by atoms with Crippen LogP contribution in [0.1, 0.15) is 30.9 Å². The first kappa shape index (κ1) is 15.4. The van der Waals surface area contributed by atoms with Gasteiger partial charge in [0.2, 0.25) is 0 Å². The van der Waals surface area contributed by atoms with Crippen molar-refractivity contribution in [2.24, 2.45) is 0 Å². The molecule has 0 spiro atoms. The topological polar surface area (TPSA) is 26.7 Å². The summed E-state index contributed by atoms with van der Waals surface area (Å²) < 4.78 is 13.1. The van der Waals surface area contributed by atoms with E-state index in [1.807, 2.05) is 0 Å². The van der Waals surface area contributed by atoms with Crippen molar-refractivity contribution in [2.75, 3.05) is 33.7 Å². The van der Waals surface area contributed by atoms with Gasteiger partial charge in [0, 0.05) is 12.6 Å². The summed E-state index contributed by atoms with van der Waals surface area (Å²) in [6.45, 7) is 3.04. The van der Waals surface area contributed by atoms with E-state index < -0.39 is 6.10 Å². The van der Waals surface area contributed by atoms with E-state index in [2.05, 4.69) is 23.9 Å². The van der Waals surface area contributed by atoms with Gasteiger partial charge in [-0.2, -0.15) is 0 Å². The van der Waals surface area contributed by atoms with Gasteiger partial charge in [0.05, 0.1) is 6.10 Å². The number of halogens is 1. The van der Waals surface area contributed by atoms with Crippen molar-refractivity contribution in [1.29, 1.82) is 0 Å². The predicted molar refractivity (Wildman–Crippen MR) is 79.1 cm³/mol. The van der Waals surface area contributed by atoms with Crippen LogP contribution in [-0.4, -0.2) is 54.7 Å². The van der Waals surface area contributed by atoms with Gasteiger partial charge < -0.3 is 14.9 Å². The Morgan fingerprint density at radius 2 is 2.05 bits per heavy atom. The number of aliphatic hydroxyl groups is 1. The van der Waals surface area contributed by atoms with Crippen molar-refractivity contribution in [1.82, 2.24) is 9.80 Å². The molecule has 4 heteroatoms. The minimum Gasteiger partial charge on any atom is -0.388 e. The van der Waals surface area contributed by atoms with Crippen molar-refractivity contribution in [3.63, 3.8) is 0 Å². The van der Waals surface area contributed by atoms with Gasteiger partial charge in [0.25, 0.3) is 0 Å². The molecule has 2 rings (SSSR count). The van der Waals surface area contributed by atoms with Crippen LogP contribution in [0.15, 0.2) is 24.3 Å². The normalized spacial score (nSPS) is 19.4. The van der Waals surface area contributed by atoms with Crippen molar-refractivity contribution in [3.05, 3.63) is 35.6 Å². The molecule has 1 unspecified atom stereocenters. The largest absolute Gasteiger partial charge is 0.388 e. The minimum atomic E-state index is -0.572. The Kier molecular flexibility index (Phi) is 5.52. The first-order valence-corrected chi connectivity index (χ1v) is 7.38. The second-order valence-electron chi connectivity index (χ2n) is 5.90. The van der Waals surface area contributed by atoms with Crippen LogP contribution in [0.5, 0.6) is 0 Å². The minimum absolute atomic E-state index is 0.284. The summed E-state index contributed by atoms with van der Waals surface area (Å²) in [6, 6.07) is 6.94. The maximum Gasteiger partial charge on any atom is 0.123 e. The molecule has 112 valence electrons. The Balaban J connectivity index is 1.76. The van der Waals surface area contributed by atoms with Gasteiger partial charge in [-0.1, -0.05) is 12.1 Å². The number of likely N-dealkylation sites (tertiary alicyclic amines) is 1. The predicted octanol–water partition coefficient (Wildman–Crippen LogP) is 2.28. The third kappa shape index (κ3) is 4.27. The summed E-state index contributed by atoms with van der Waals surface area (Å²) in [5, 5.41) is 10.1. The van der Waals surface area contributed by atoms with E-state index in [1.165, 1.54) is 25.0 Å². The number of nitrogens with zero attached hydrogens (tertiary/aromatic N) is 2. The van der Waals surface area contributed by atoms with Crippen LogP contribution in [0.3, 0.4) is 0 Å². The molecule has 1 N–H and O–H groups in total. The molecule has 0 saturated carbocycles. The third-order valence-electron chi connectivity index (χ3n) is 4.24. The quantitative estimate of drug-likeness (QED) is 0.896. The molecule has 1 aliphatic rings. The highest BCUT2D eigenvalue weighted by Crippen LogP contribution is 2.20. The Hall–Kier alpha value is -0.970. The van der Waals surface area contributed by atoms with Gasteiger partial charge in [-0.25, -0.2) is 4.39 Å². The number of hydrogen-bond acceptors (Lipinski definition) is 3. The lowest BCUT2D eigenvalue weighted by Gasteiger charge is -2.35. The molecule has 1 saturated heterocycles. The molecular weight excluding hydrogens is 255 g/mol. The zero-order valence-corrected chi connectivity index (χ0v) is 12.4. The van der Waals surface area contributed by atoms with Crippen molar-refractivity contribution >= 4 is 0 Å². The van der Waals surface area contributed by atoms with Crippen molar-refractivity contribution in [2.45, 2.75) is 31.4 Å². The third-order valence-corrected chi connectivity index (χ3v) is 4.24. The lowest BCUT2D eigenvalue weighted by molar-refractivity contribution is 0.110. The Bertz CT molecular complexity index is 417. The first-order valence-electron chi connectivity index (χ1n) is 7.38. The summed E-state index contributed by atoms with van der Waals surface area (Å²) in [6.07, 6.45) is 2.46. The van der Waals surface area contributed by atoms with E-state index >= 15 is 0 Å². The molecule has 0 aliphatic carbocycles. The van der Waals surface area contributed by atoms with Gasteiger partial charge in [0.1, 0.15) is 5.82 Å². The number of piperidine rings is 1. The first-order chi connectivity index (χ1) is 9.56. The average Bonchev–Trinajstić information content (AvgIpc) is 2.45. The van der Waals surface area contributed by atoms with Gasteiger partial charge in [-0.3, -0.25) is 0 Å². The SMILES string of the molecule is CN(C)C1CCN(CCC(O)c2cccc(F)c2)CC1. The lowest BCUT2D eigenvalue weighted by atomic mass is 10.0. The summed E-state index contributed by atoms with van der Waals surface area (Å²) in [5.74, 6) is -0.284. The fourth-order valence-corrected chi connectivity index (χ4v) is 2.84. The number of rotatable bonds is 5. The molecule has 1 fully saturated rings. The van der Waals surface area contributed by atoms with E-state index in [1.54, 1.807) is 12.1 Å². The number of hydrogen-bond donors (Lipinski definition) is 1. The van der Waals surface area contributed by atoms with Crippen LogP contribution in [0, 0.1) is 5.82 Å². The van der Waals surface area contributed by atoms with E-state index in [4.69, 9.17) is 0 Å². The summed E-state index contributed by atoms with van der Waals surface area (Å²) >= 11 is 0. The smallest absolute Gasteiger partial charge is 0.123 e. The molecule has 1 aromatic carbocycles. The second-order valence-corrected chi connectivity index (χ2v) is 5.90. The monoisotopic (exact) mass is 280 g/mol. The summed E-state index contributed by atoms with van der Waals surface area (Å²) in [5.41, 5.74) is 0.674. The highest BCUT2D eigenvalue weighted by atomic mass is 19.1. The number of benzene rings is 1. The van der Waals surface area contributed by atoms with E-state index in [9.17, 15) is 9.50 Å². The molecule has 0 bridgehead atoms. The van der Waals surface area contributed by atoms with Crippen molar-refractivity contribution in [3.8, 4) is 0 Å². The maximum absolute atomic E-state index is 13.1. The molecule has 1 aliphatic heterocycles. The van der Waals surface area contributed by atoms with E-state index in [-0.39, 0.29) is 5.82 Å². The highest BCUT2D eigenvalue weighted by molar-refractivity contribution is 5.18. The summed E-state index contributed by atoms with van der Waals surface area (Å²) in [4.78, 5) is 4.68. The fourth-order valence-electron chi connectivity index (χ4n) is 2.84. The zero-order chi connectivity index (χ0) is 14.5. The van der Waals surface area contributed by atoms with Crippen LogP contribution in [0.25, 0.3) is 0 Å². The number of aliphatic hydroxyl groups excluding tert-OH is 1. The Morgan fingerprint density at radius 1 is 1.35 bits per heavy atom. The average molecular weight is 280 g/mol. The van der Waals surface area contributed by atoms with Gasteiger partial charge in [-0.05, 0) is 64.1 Å². The van der Waals surface area contributed by atoms with E-state index in [0.717, 1.165) is 19.6 Å². The molecule has 1 aromatic rings. The molecule has 1 heterocycles. The summed E-state index contributed by atoms with van der Waals surface area (Å²) in [7, 11) is 4.27. The highest BCUT2D eigenvalue weighted by Gasteiger charge is 2.21. The fraction of sp³-hybridized carbons (Fsp3) is 0.625. The van der Waals surface area contributed by atoms with Crippen LogP contribution in [0.4, 0.5) is 4.39 Å². The molecule has 20 heavy (non-hydrogen) atoms.